The van der Waals surface area contributed by atoms with E-state index in [4.69, 9.17) is 18.9 Å². The zero-order chi connectivity index (χ0) is 27.2. The maximum Gasteiger partial charge on any atom is 0.336 e. The van der Waals surface area contributed by atoms with E-state index < -0.39 is 11.6 Å². The average Bonchev–Trinajstić information content (AvgIpc) is 3.39. The van der Waals surface area contributed by atoms with Crippen LogP contribution in [0.25, 0.3) is 22.2 Å². The van der Waals surface area contributed by atoms with Gasteiger partial charge in [-0.05, 0) is 60.6 Å². The van der Waals surface area contributed by atoms with Crippen LogP contribution in [-0.2, 0) is 33.7 Å². The molecule has 4 aromatic rings. The first kappa shape index (κ1) is 27.1. The van der Waals surface area contributed by atoms with E-state index >= 15 is 0 Å². The Labute approximate surface area is 230 Å². The Morgan fingerprint density at radius 3 is 2.59 bits per heavy atom. The van der Waals surface area contributed by atoms with Crippen molar-refractivity contribution >= 4 is 16.7 Å². The number of oxazole rings is 1. The maximum atomic E-state index is 12.1. The van der Waals surface area contributed by atoms with Crippen molar-refractivity contribution in [2.45, 2.75) is 70.7 Å². The summed E-state index contributed by atoms with van der Waals surface area (Å²) in [5.41, 5.74) is 1.50. The molecular weight excluding hydrogens is 490 g/mol. The van der Waals surface area contributed by atoms with Crippen molar-refractivity contribution in [2.24, 2.45) is 5.92 Å². The van der Waals surface area contributed by atoms with Crippen LogP contribution in [0.15, 0.2) is 77.2 Å². The van der Waals surface area contributed by atoms with Gasteiger partial charge in [-0.1, -0.05) is 74.0 Å². The van der Waals surface area contributed by atoms with Gasteiger partial charge >= 0.3 is 5.97 Å². The van der Waals surface area contributed by atoms with E-state index in [9.17, 15) is 9.90 Å². The van der Waals surface area contributed by atoms with E-state index in [1.165, 1.54) is 5.39 Å². The normalized spacial score (nSPS) is 19.1. The number of aliphatic carboxylic acids is 1. The molecule has 1 aromatic heterocycles. The minimum atomic E-state index is -1.26. The molecular formula is C33H37NO5. The molecule has 0 bridgehead atoms. The predicted octanol–water partition coefficient (Wildman–Crippen LogP) is 7.24. The molecule has 204 valence electrons. The summed E-state index contributed by atoms with van der Waals surface area (Å²) in [7, 11) is 0. The van der Waals surface area contributed by atoms with Gasteiger partial charge in [0.15, 0.2) is 5.60 Å². The molecule has 1 aliphatic carbocycles. The fourth-order valence-electron chi connectivity index (χ4n) is 5.43. The lowest BCUT2D eigenvalue weighted by atomic mass is 9.87. The fourth-order valence-corrected chi connectivity index (χ4v) is 5.43. The lowest BCUT2D eigenvalue weighted by Gasteiger charge is -2.32. The van der Waals surface area contributed by atoms with Crippen molar-refractivity contribution in [1.82, 2.24) is 4.98 Å². The lowest BCUT2D eigenvalue weighted by Crippen LogP contribution is -2.42. The van der Waals surface area contributed by atoms with Gasteiger partial charge in [-0.2, -0.15) is 0 Å². The number of ether oxygens (including phenoxy) is 2. The molecule has 1 fully saturated rings. The third-order valence-electron chi connectivity index (χ3n) is 7.76. The van der Waals surface area contributed by atoms with Crippen LogP contribution >= 0.6 is 0 Å². The van der Waals surface area contributed by atoms with E-state index in [2.05, 4.69) is 31.2 Å². The van der Waals surface area contributed by atoms with Gasteiger partial charge in [0, 0.05) is 18.4 Å². The van der Waals surface area contributed by atoms with Crippen LogP contribution in [-0.4, -0.2) is 34.4 Å². The summed E-state index contributed by atoms with van der Waals surface area (Å²) in [6.07, 6.45) is 5.03. The SMILES string of the molecule is CCc1oc(-c2ccc3ccccc3c2)nc1COC1CCC[C@@H](COC(C)(Cc2ccccc2)C(=O)O)C1. The van der Waals surface area contributed by atoms with Crippen LogP contribution in [0.3, 0.4) is 0 Å². The Balaban J connectivity index is 1.19. The Morgan fingerprint density at radius 1 is 1.05 bits per heavy atom. The minimum absolute atomic E-state index is 0.0862. The summed E-state index contributed by atoms with van der Waals surface area (Å²) < 4.78 is 18.6. The Bertz CT molecular complexity index is 1400. The number of hydrogen-bond donors (Lipinski definition) is 1. The summed E-state index contributed by atoms with van der Waals surface area (Å²) in [4.78, 5) is 16.9. The maximum absolute atomic E-state index is 12.1. The van der Waals surface area contributed by atoms with Crippen molar-refractivity contribution in [3.63, 3.8) is 0 Å². The minimum Gasteiger partial charge on any atom is -0.479 e. The number of carbonyl (C=O) groups is 1. The number of fused-ring (bicyclic) bond motifs is 1. The van der Waals surface area contributed by atoms with Crippen LogP contribution in [0.1, 0.15) is 56.5 Å². The first-order valence-corrected chi connectivity index (χ1v) is 13.9. The Kier molecular flexibility index (Phi) is 8.44. The van der Waals surface area contributed by atoms with Crippen LogP contribution < -0.4 is 0 Å². The molecule has 1 saturated carbocycles. The summed E-state index contributed by atoms with van der Waals surface area (Å²) in [5, 5.41) is 12.2. The first-order chi connectivity index (χ1) is 18.9. The highest BCUT2D eigenvalue weighted by Crippen LogP contribution is 2.31. The topological polar surface area (TPSA) is 81.8 Å². The molecule has 0 amide bonds. The van der Waals surface area contributed by atoms with Gasteiger partial charge in [0.05, 0.1) is 19.3 Å². The number of carboxylic acids is 1. The van der Waals surface area contributed by atoms with E-state index in [-0.39, 0.29) is 12.0 Å². The molecule has 39 heavy (non-hydrogen) atoms. The summed E-state index contributed by atoms with van der Waals surface area (Å²) in [6.45, 7) is 4.55. The number of aromatic nitrogens is 1. The quantitative estimate of drug-likeness (QED) is 0.221. The molecule has 0 spiro atoms. The molecule has 6 nitrogen and oxygen atoms in total. The van der Waals surface area contributed by atoms with Gasteiger partial charge in [-0.3, -0.25) is 0 Å². The van der Waals surface area contributed by atoms with Crippen LogP contribution in [0.5, 0.6) is 0 Å². The van der Waals surface area contributed by atoms with Crippen LogP contribution in [0.2, 0.25) is 0 Å². The Hall–Kier alpha value is -3.48. The molecule has 1 N–H and O–H groups in total. The third-order valence-corrected chi connectivity index (χ3v) is 7.76. The molecule has 2 unspecified atom stereocenters. The van der Waals surface area contributed by atoms with Crippen molar-refractivity contribution in [3.8, 4) is 11.5 Å². The second-order valence-electron chi connectivity index (χ2n) is 10.8. The average molecular weight is 528 g/mol. The van der Waals surface area contributed by atoms with Gasteiger partial charge in [0.25, 0.3) is 0 Å². The van der Waals surface area contributed by atoms with Gasteiger partial charge < -0.3 is 19.0 Å². The second-order valence-corrected chi connectivity index (χ2v) is 10.8. The zero-order valence-corrected chi connectivity index (χ0v) is 22.8. The van der Waals surface area contributed by atoms with Gasteiger partial charge in [-0.25, -0.2) is 9.78 Å². The highest BCUT2D eigenvalue weighted by atomic mass is 16.5. The van der Waals surface area contributed by atoms with Crippen molar-refractivity contribution in [1.29, 1.82) is 0 Å². The van der Waals surface area contributed by atoms with Crippen LogP contribution in [0, 0.1) is 5.92 Å². The number of carboxylic acid groups (broad SMARTS) is 1. The highest BCUT2D eigenvalue weighted by molar-refractivity contribution is 5.86. The van der Waals surface area contributed by atoms with E-state index in [0.717, 1.165) is 60.1 Å². The number of rotatable bonds is 11. The smallest absolute Gasteiger partial charge is 0.336 e. The van der Waals surface area contributed by atoms with Crippen LogP contribution in [0.4, 0.5) is 0 Å². The molecule has 3 aromatic carbocycles. The first-order valence-electron chi connectivity index (χ1n) is 13.9. The van der Waals surface area contributed by atoms with Gasteiger partial charge in [0.2, 0.25) is 5.89 Å². The number of nitrogens with zero attached hydrogens (tertiary/aromatic N) is 1. The van der Waals surface area contributed by atoms with E-state index in [1.807, 2.05) is 48.5 Å². The molecule has 0 saturated heterocycles. The summed E-state index contributed by atoms with van der Waals surface area (Å²) in [5.74, 6) is 0.800. The van der Waals surface area contributed by atoms with Crippen molar-refractivity contribution in [3.05, 3.63) is 89.8 Å². The van der Waals surface area contributed by atoms with Gasteiger partial charge in [-0.15, -0.1) is 0 Å². The molecule has 1 heterocycles. The molecule has 0 aliphatic heterocycles. The van der Waals surface area contributed by atoms with E-state index in [0.29, 0.717) is 25.5 Å². The monoisotopic (exact) mass is 527 g/mol. The molecule has 3 atom stereocenters. The zero-order valence-electron chi connectivity index (χ0n) is 22.8. The number of hydrogen-bond acceptors (Lipinski definition) is 5. The molecule has 1 aliphatic rings. The second kappa shape index (κ2) is 12.1. The van der Waals surface area contributed by atoms with E-state index in [1.54, 1.807) is 6.92 Å². The van der Waals surface area contributed by atoms with Gasteiger partial charge in [0.1, 0.15) is 11.5 Å². The lowest BCUT2D eigenvalue weighted by molar-refractivity contribution is -0.166. The summed E-state index contributed by atoms with van der Waals surface area (Å²) in [6, 6.07) is 24.2. The predicted molar refractivity (Wildman–Crippen MR) is 151 cm³/mol. The third kappa shape index (κ3) is 6.57. The van der Waals surface area contributed by atoms with Crippen molar-refractivity contribution in [2.75, 3.05) is 6.61 Å². The number of benzene rings is 3. The van der Waals surface area contributed by atoms with Crippen molar-refractivity contribution < 1.29 is 23.8 Å². The summed E-state index contributed by atoms with van der Waals surface area (Å²) >= 11 is 0. The number of aryl methyl sites for hydroxylation is 1. The standard InChI is InChI=1S/C33H37NO5/c1-3-30-29(34-31(39-30)27-17-16-25-13-7-8-14-26(25)19-27)22-37-28-15-9-12-24(18-28)21-38-33(2,32(35)36)20-23-10-5-4-6-11-23/h4-8,10-11,13-14,16-17,19,24,28H,3,9,12,15,18,20-22H2,1-2H3,(H,35,36)/t24-,28?,33?/m1/s1. The highest BCUT2D eigenvalue weighted by Gasteiger charge is 2.36. The fraction of sp³-hybridized carbons (Fsp3) is 0.394. The largest absolute Gasteiger partial charge is 0.479 e. The Morgan fingerprint density at radius 2 is 1.82 bits per heavy atom. The molecule has 5 rings (SSSR count). The molecule has 6 heteroatoms. The molecule has 0 radical (unpaired) electrons.